The number of hydrogen-bond acceptors (Lipinski definition) is 10. The largest absolute Gasteiger partial charge is 0.493 e. The molecule has 5 N–H and O–H groups in total. The zero-order valence-electron chi connectivity index (χ0n) is 24.8. The molecule has 1 saturated carbocycles. The zero-order chi connectivity index (χ0) is 31.3. The van der Waals surface area contributed by atoms with Crippen LogP contribution in [0.2, 0.25) is 5.02 Å². The minimum absolute atomic E-state index is 0.0238. The van der Waals surface area contributed by atoms with Crippen LogP contribution in [-0.2, 0) is 11.2 Å². The molecule has 1 aliphatic carbocycles. The van der Waals surface area contributed by atoms with Crippen molar-refractivity contribution >= 4 is 23.5 Å². The van der Waals surface area contributed by atoms with Crippen LogP contribution < -0.4 is 15.0 Å². The number of aliphatic hydroxyl groups is 4. The van der Waals surface area contributed by atoms with E-state index in [-0.39, 0.29) is 30.3 Å². The Balaban J connectivity index is 0.981. The summed E-state index contributed by atoms with van der Waals surface area (Å²) in [5.41, 5.74) is 0.247. The lowest BCUT2D eigenvalue weighted by Crippen LogP contribution is -2.71. The number of halogens is 2. The Kier molecular flexibility index (Phi) is 10.9. The number of amides is 1. The van der Waals surface area contributed by atoms with Crippen LogP contribution in [0.4, 0.5) is 10.3 Å². The maximum atomic E-state index is 14.8. The fraction of sp³-hybridized carbons (Fsp3) is 0.645. The molecule has 3 heterocycles. The maximum absolute atomic E-state index is 14.8. The van der Waals surface area contributed by atoms with Crippen LogP contribution >= 0.6 is 11.6 Å². The Bertz CT molecular complexity index is 1240. The molecule has 242 valence electrons. The van der Waals surface area contributed by atoms with E-state index in [1.54, 1.807) is 29.4 Å². The van der Waals surface area contributed by atoms with Crippen molar-refractivity contribution in [2.45, 2.75) is 69.3 Å². The van der Waals surface area contributed by atoms with Gasteiger partial charge in [-0.3, -0.25) is 4.79 Å². The van der Waals surface area contributed by atoms with Crippen LogP contribution in [0, 0.1) is 17.2 Å². The van der Waals surface area contributed by atoms with Gasteiger partial charge in [0.05, 0.1) is 43.2 Å². The number of carbonyl (C=O) groups excluding carboxylic acids is 1. The Morgan fingerprint density at radius 1 is 1.14 bits per heavy atom. The summed E-state index contributed by atoms with van der Waals surface area (Å²) in [5, 5.41) is 42.1. The molecule has 4 atom stereocenters. The van der Waals surface area contributed by atoms with Gasteiger partial charge in [0.1, 0.15) is 23.8 Å². The number of hydrogen-bond donors (Lipinski definition) is 5. The van der Waals surface area contributed by atoms with E-state index in [9.17, 15) is 24.5 Å². The number of rotatable bonds is 14. The predicted octanol–water partition coefficient (Wildman–Crippen LogP) is 1.54. The third kappa shape index (κ3) is 7.78. The van der Waals surface area contributed by atoms with E-state index in [0.29, 0.717) is 47.9 Å². The van der Waals surface area contributed by atoms with E-state index in [2.05, 4.69) is 20.2 Å². The molecule has 0 bridgehead atoms. The minimum atomic E-state index is -1.44. The number of nitrogens with one attached hydrogen (secondary N) is 1. The van der Waals surface area contributed by atoms with E-state index in [1.165, 1.54) is 6.07 Å². The molecule has 1 unspecified atom stereocenters. The molecule has 5 rings (SSSR count). The Morgan fingerprint density at radius 2 is 1.86 bits per heavy atom. The average Bonchev–Trinajstić information content (AvgIpc) is 2.99. The van der Waals surface area contributed by atoms with Crippen molar-refractivity contribution in [2.24, 2.45) is 11.3 Å². The van der Waals surface area contributed by atoms with Gasteiger partial charge in [-0.2, -0.15) is 0 Å². The fourth-order valence-electron chi connectivity index (χ4n) is 6.52. The van der Waals surface area contributed by atoms with Gasteiger partial charge in [0.2, 0.25) is 11.9 Å². The molecule has 1 aromatic heterocycles. The molecule has 13 heteroatoms. The fourth-order valence-corrected chi connectivity index (χ4v) is 6.62. The number of nitrogens with zero attached hydrogens (tertiary/aromatic N) is 4. The highest BCUT2D eigenvalue weighted by Gasteiger charge is 2.55. The van der Waals surface area contributed by atoms with E-state index in [1.807, 2.05) is 0 Å². The van der Waals surface area contributed by atoms with Crippen LogP contribution in [0.25, 0.3) is 0 Å². The van der Waals surface area contributed by atoms with Crippen molar-refractivity contribution in [3.05, 3.63) is 47.0 Å². The molecular formula is C31H43ClFN5O6. The molecule has 2 aromatic rings. The molecular weight excluding hydrogens is 593 g/mol. The Morgan fingerprint density at radius 3 is 2.50 bits per heavy atom. The monoisotopic (exact) mass is 635 g/mol. The van der Waals surface area contributed by atoms with Gasteiger partial charge in [-0.25, -0.2) is 14.4 Å². The van der Waals surface area contributed by atoms with Crippen LogP contribution in [0.15, 0.2) is 30.6 Å². The summed E-state index contributed by atoms with van der Waals surface area (Å²) in [7, 11) is 0. The quantitative estimate of drug-likeness (QED) is 0.193. The van der Waals surface area contributed by atoms with E-state index < -0.39 is 30.7 Å². The van der Waals surface area contributed by atoms with Gasteiger partial charge in [-0.05, 0) is 56.1 Å². The third-order valence-corrected chi connectivity index (χ3v) is 9.67. The molecule has 1 amide bonds. The normalized spacial score (nSPS) is 21.8. The number of aliphatic hydroxyl groups excluding tert-OH is 4. The van der Waals surface area contributed by atoms with E-state index in [0.717, 1.165) is 51.6 Å². The van der Waals surface area contributed by atoms with Crippen LogP contribution in [0.5, 0.6) is 5.75 Å². The number of piperidine rings is 1. The highest BCUT2D eigenvalue weighted by atomic mass is 35.5. The summed E-state index contributed by atoms with van der Waals surface area (Å²) >= 11 is 5.88. The highest BCUT2D eigenvalue weighted by molar-refractivity contribution is 6.30. The van der Waals surface area contributed by atoms with Crippen LogP contribution in [0.1, 0.15) is 44.1 Å². The Labute approximate surface area is 262 Å². The van der Waals surface area contributed by atoms with Crippen molar-refractivity contribution < 1.29 is 34.3 Å². The van der Waals surface area contributed by atoms with Gasteiger partial charge in [0, 0.05) is 50.2 Å². The molecule has 3 fully saturated rings. The molecule has 1 aromatic carbocycles. The molecule has 1 spiro atoms. The molecule has 3 aliphatic rings. The number of aromatic nitrogens is 2. The minimum Gasteiger partial charge on any atom is -0.493 e. The number of carbonyl (C=O) groups is 1. The number of likely N-dealkylation sites (tertiary alicyclic amines) is 1. The second-order valence-corrected chi connectivity index (χ2v) is 12.9. The first-order chi connectivity index (χ1) is 21.2. The average molecular weight is 636 g/mol. The highest BCUT2D eigenvalue weighted by Crippen LogP contribution is 2.48. The van der Waals surface area contributed by atoms with Gasteiger partial charge in [0.15, 0.2) is 0 Å². The first-order valence-electron chi connectivity index (χ1n) is 15.5. The smallest absolute Gasteiger partial charge is 0.227 e. The molecule has 44 heavy (non-hydrogen) atoms. The van der Waals surface area contributed by atoms with Crippen molar-refractivity contribution in [3.8, 4) is 5.75 Å². The summed E-state index contributed by atoms with van der Waals surface area (Å²) in [6.07, 6.45) is 4.98. The lowest BCUT2D eigenvalue weighted by molar-refractivity contribution is -0.154. The van der Waals surface area contributed by atoms with Crippen molar-refractivity contribution in [1.29, 1.82) is 0 Å². The SMILES string of the molecule is O=C(Cc1ccc(OCCCC2CCN(c3ncc(Cl)cn3)CC2)cc1F)N1CC2(CCC2NC[C@H](O)[C@H](O)[C@H](O)CO)C1. The number of benzene rings is 1. The van der Waals surface area contributed by atoms with Crippen LogP contribution in [-0.4, -0.2) is 111 Å². The first-order valence-corrected chi connectivity index (χ1v) is 15.8. The summed E-state index contributed by atoms with van der Waals surface area (Å²) in [6.45, 7) is 2.85. The van der Waals surface area contributed by atoms with Gasteiger partial charge >= 0.3 is 0 Å². The van der Waals surface area contributed by atoms with Crippen molar-refractivity contribution in [3.63, 3.8) is 0 Å². The number of ether oxygens (including phenoxy) is 1. The third-order valence-electron chi connectivity index (χ3n) is 9.48. The summed E-state index contributed by atoms with van der Waals surface area (Å²) in [6, 6.07) is 4.76. The van der Waals surface area contributed by atoms with Crippen LogP contribution in [0.3, 0.4) is 0 Å². The second kappa shape index (κ2) is 14.7. The van der Waals surface area contributed by atoms with Crippen molar-refractivity contribution in [2.75, 3.05) is 50.8 Å². The van der Waals surface area contributed by atoms with Gasteiger partial charge < -0.3 is 40.3 Å². The predicted molar refractivity (Wildman–Crippen MR) is 162 cm³/mol. The molecule has 2 aliphatic heterocycles. The van der Waals surface area contributed by atoms with Gasteiger partial charge in [-0.15, -0.1) is 0 Å². The second-order valence-electron chi connectivity index (χ2n) is 12.5. The van der Waals surface area contributed by atoms with Crippen molar-refractivity contribution in [1.82, 2.24) is 20.2 Å². The number of anilines is 1. The topological polar surface area (TPSA) is 152 Å². The van der Waals surface area contributed by atoms with E-state index in [4.69, 9.17) is 21.4 Å². The van der Waals surface area contributed by atoms with E-state index >= 15 is 0 Å². The molecule has 2 saturated heterocycles. The first kappa shape index (κ1) is 32.8. The van der Waals surface area contributed by atoms with Gasteiger partial charge in [0.25, 0.3) is 0 Å². The maximum Gasteiger partial charge on any atom is 0.227 e. The van der Waals surface area contributed by atoms with Gasteiger partial charge in [-0.1, -0.05) is 17.7 Å². The summed E-state index contributed by atoms with van der Waals surface area (Å²) < 4.78 is 20.7. The Hall–Kier alpha value is -2.61. The standard InChI is InChI=1S/C31H43ClFN5O6/c32-22-14-35-30(36-15-22)37-9-6-20(7-10-37)2-1-11-44-23-4-3-21(24(33)13-23)12-28(42)38-18-31(19-38)8-5-27(31)34-16-25(40)29(43)26(41)17-39/h3-4,13-15,20,25-27,29,34,39-41,43H,1-2,5-12,16-19H2/t25-,26+,27?,29-/m0/s1. The lowest BCUT2D eigenvalue weighted by Gasteiger charge is -2.61. The molecule has 0 radical (unpaired) electrons. The lowest BCUT2D eigenvalue weighted by atomic mass is 9.59. The summed E-state index contributed by atoms with van der Waals surface area (Å²) in [4.78, 5) is 25.4. The summed E-state index contributed by atoms with van der Waals surface area (Å²) in [5.74, 6) is 1.18. The molecule has 11 nitrogen and oxygen atoms in total. The zero-order valence-corrected chi connectivity index (χ0v) is 25.6.